The number of para-hydroxylation sites is 3. The van der Waals surface area contributed by atoms with Gasteiger partial charge in [-0.25, -0.2) is 14.8 Å². The normalized spacial score (nSPS) is 14.5. The highest BCUT2D eigenvalue weighted by Gasteiger charge is 2.29. The van der Waals surface area contributed by atoms with Gasteiger partial charge < -0.3 is 0 Å². The monoisotopic (exact) mass is 358 g/mol. The largest absolute Gasteiger partial charge is 0.329 e. The predicted octanol–water partition coefficient (Wildman–Crippen LogP) is 4.25. The van der Waals surface area contributed by atoms with Crippen LogP contribution in [0.3, 0.4) is 0 Å². The summed E-state index contributed by atoms with van der Waals surface area (Å²) in [7, 11) is 0. The van der Waals surface area contributed by atoms with Crippen molar-refractivity contribution < 1.29 is 0 Å². The van der Waals surface area contributed by atoms with E-state index >= 15 is 0 Å². The second kappa shape index (κ2) is 6.05. The van der Waals surface area contributed by atoms with Crippen molar-refractivity contribution >= 4 is 21.9 Å². The van der Waals surface area contributed by atoms with Crippen LogP contribution < -0.4 is 5.69 Å². The standard InChI is InChI=1S/C22H22N4O/c1-14(2)21-16-7-3-4-8-17(16)23-20(24-21)13-25-18-9-5-6-10-19(18)26(22(25)27)15-11-12-15/h3-10,14-15H,11-13H2,1-2H3. The lowest BCUT2D eigenvalue weighted by Crippen LogP contribution is -2.25. The van der Waals surface area contributed by atoms with E-state index in [-0.39, 0.29) is 5.69 Å². The van der Waals surface area contributed by atoms with Gasteiger partial charge in [-0.2, -0.15) is 0 Å². The quantitative estimate of drug-likeness (QED) is 0.548. The van der Waals surface area contributed by atoms with Crippen LogP contribution in [-0.2, 0) is 6.54 Å². The molecule has 0 amide bonds. The zero-order chi connectivity index (χ0) is 18.5. The third-order valence-corrected chi connectivity index (χ3v) is 5.31. The Hall–Kier alpha value is -2.95. The van der Waals surface area contributed by atoms with Crippen molar-refractivity contribution in [3.05, 3.63) is 70.5 Å². The molecule has 0 unspecified atom stereocenters. The zero-order valence-electron chi connectivity index (χ0n) is 15.6. The summed E-state index contributed by atoms with van der Waals surface area (Å²) in [5.41, 5.74) is 3.98. The number of fused-ring (bicyclic) bond motifs is 2. The Kier molecular flexibility index (Phi) is 3.64. The summed E-state index contributed by atoms with van der Waals surface area (Å²) in [6.45, 7) is 4.68. The molecule has 2 aromatic heterocycles. The molecule has 1 aliphatic rings. The van der Waals surface area contributed by atoms with Gasteiger partial charge in [0, 0.05) is 11.4 Å². The molecule has 0 atom stereocenters. The lowest BCUT2D eigenvalue weighted by atomic mass is 10.0. The van der Waals surface area contributed by atoms with E-state index in [9.17, 15) is 4.79 Å². The predicted molar refractivity (Wildman–Crippen MR) is 107 cm³/mol. The van der Waals surface area contributed by atoms with Crippen LogP contribution in [0.15, 0.2) is 53.3 Å². The Balaban J connectivity index is 1.68. The highest BCUT2D eigenvalue weighted by molar-refractivity contribution is 5.81. The van der Waals surface area contributed by atoms with Crippen molar-refractivity contribution in [3.63, 3.8) is 0 Å². The summed E-state index contributed by atoms with van der Waals surface area (Å²) in [4.78, 5) is 22.7. The van der Waals surface area contributed by atoms with E-state index in [0.29, 0.717) is 24.3 Å². The Morgan fingerprint density at radius 2 is 1.70 bits per heavy atom. The highest BCUT2D eigenvalue weighted by atomic mass is 16.1. The summed E-state index contributed by atoms with van der Waals surface area (Å²) in [5.74, 6) is 0.986. The molecule has 136 valence electrons. The zero-order valence-corrected chi connectivity index (χ0v) is 15.6. The second-order valence-electron chi connectivity index (χ2n) is 7.66. The fraction of sp³-hybridized carbons (Fsp3) is 0.318. The molecule has 2 heterocycles. The number of hydrogen-bond donors (Lipinski definition) is 0. The van der Waals surface area contributed by atoms with Gasteiger partial charge in [-0.1, -0.05) is 44.2 Å². The minimum absolute atomic E-state index is 0.0431. The fourth-order valence-corrected chi connectivity index (χ4v) is 3.87. The molecule has 0 radical (unpaired) electrons. The van der Waals surface area contributed by atoms with Crippen molar-refractivity contribution in [3.8, 4) is 0 Å². The SMILES string of the molecule is CC(C)c1nc(Cn2c(=O)n(C3CC3)c3ccccc32)nc2ccccc12. The second-order valence-corrected chi connectivity index (χ2v) is 7.66. The van der Waals surface area contributed by atoms with Gasteiger partial charge in [0.25, 0.3) is 0 Å². The molecule has 5 rings (SSSR count). The lowest BCUT2D eigenvalue weighted by Gasteiger charge is -2.11. The molecule has 27 heavy (non-hydrogen) atoms. The van der Waals surface area contributed by atoms with E-state index < -0.39 is 0 Å². The molecular weight excluding hydrogens is 336 g/mol. The molecular formula is C22H22N4O. The third-order valence-electron chi connectivity index (χ3n) is 5.31. The summed E-state index contributed by atoms with van der Waals surface area (Å²) < 4.78 is 3.77. The Labute approximate surface area is 157 Å². The summed E-state index contributed by atoms with van der Waals surface area (Å²) in [6.07, 6.45) is 2.16. The van der Waals surface area contributed by atoms with Crippen molar-refractivity contribution in [2.45, 2.75) is 45.2 Å². The maximum atomic E-state index is 13.1. The maximum Gasteiger partial charge on any atom is 0.329 e. The lowest BCUT2D eigenvalue weighted by molar-refractivity contribution is 0.655. The van der Waals surface area contributed by atoms with Crippen LogP contribution in [-0.4, -0.2) is 19.1 Å². The summed E-state index contributed by atoms with van der Waals surface area (Å²) in [5, 5.41) is 1.09. The molecule has 0 saturated heterocycles. The maximum absolute atomic E-state index is 13.1. The molecule has 5 heteroatoms. The van der Waals surface area contributed by atoms with E-state index in [1.165, 1.54) is 0 Å². The minimum atomic E-state index is 0.0431. The van der Waals surface area contributed by atoms with E-state index in [1.807, 2.05) is 51.6 Å². The Morgan fingerprint density at radius 1 is 1.00 bits per heavy atom. The van der Waals surface area contributed by atoms with Crippen LogP contribution in [0.4, 0.5) is 0 Å². The Morgan fingerprint density at radius 3 is 2.44 bits per heavy atom. The molecule has 0 bridgehead atoms. The highest BCUT2D eigenvalue weighted by Crippen LogP contribution is 2.36. The number of hydrogen-bond acceptors (Lipinski definition) is 3. The van der Waals surface area contributed by atoms with E-state index in [1.54, 1.807) is 0 Å². The van der Waals surface area contributed by atoms with E-state index in [2.05, 4.69) is 19.9 Å². The summed E-state index contributed by atoms with van der Waals surface area (Å²) in [6, 6.07) is 16.5. The van der Waals surface area contributed by atoms with Gasteiger partial charge in [-0.05, 0) is 37.0 Å². The van der Waals surface area contributed by atoms with E-state index in [0.717, 1.165) is 40.5 Å². The van der Waals surface area contributed by atoms with Crippen LogP contribution in [0.2, 0.25) is 0 Å². The van der Waals surface area contributed by atoms with Crippen molar-refractivity contribution in [1.82, 2.24) is 19.1 Å². The van der Waals surface area contributed by atoms with Crippen LogP contribution in [0.5, 0.6) is 0 Å². The smallest absolute Gasteiger partial charge is 0.289 e. The molecule has 1 fully saturated rings. The molecule has 1 aliphatic carbocycles. The first-order valence-corrected chi connectivity index (χ1v) is 9.59. The van der Waals surface area contributed by atoms with Crippen LogP contribution in [0.1, 0.15) is 50.2 Å². The molecule has 1 saturated carbocycles. The van der Waals surface area contributed by atoms with Crippen molar-refractivity contribution in [2.75, 3.05) is 0 Å². The molecule has 2 aromatic carbocycles. The summed E-state index contributed by atoms with van der Waals surface area (Å²) >= 11 is 0. The van der Waals surface area contributed by atoms with Crippen LogP contribution in [0, 0.1) is 0 Å². The number of benzene rings is 2. The van der Waals surface area contributed by atoms with Gasteiger partial charge in [0.15, 0.2) is 0 Å². The molecule has 0 N–H and O–H groups in total. The van der Waals surface area contributed by atoms with Gasteiger partial charge in [0.1, 0.15) is 5.82 Å². The fourth-order valence-electron chi connectivity index (χ4n) is 3.87. The topological polar surface area (TPSA) is 52.7 Å². The van der Waals surface area contributed by atoms with Crippen molar-refractivity contribution in [2.24, 2.45) is 0 Å². The first-order valence-electron chi connectivity index (χ1n) is 9.59. The van der Waals surface area contributed by atoms with Gasteiger partial charge in [-0.15, -0.1) is 0 Å². The van der Waals surface area contributed by atoms with Crippen molar-refractivity contribution in [1.29, 1.82) is 0 Å². The number of imidazole rings is 1. The average molecular weight is 358 g/mol. The van der Waals surface area contributed by atoms with Crippen LogP contribution >= 0.6 is 0 Å². The van der Waals surface area contributed by atoms with Crippen LogP contribution in [0.25, 0.3) is 21.9 Å². The first kappa shape index (κ1) is 16.2. The van der Waals surface area contributed by atoms with Gasteiger partial charge in [0.05, 0.1) is 28.8 Å². The molecule has 5 nitrogen and oxygen atoms in total. The minimum Gasteiger partial charge on any atom is -0.289 e. The van der Waals surface area contributed by atoms with Gasteiger partial charge >= 0.3 is 5.69 Å². The Bertz CT molecular complexity index is 1210. The number of nitrogens with zero attached hydrogens (tertiary/aromatic N) is 4. The molecule has 0 spiro atoms. The van der Waals surface area contributed by atoms with Gasteiger partial charge in [0.2, 0.25) is 0 Å². The third kappa shape index (κ3) is 2.65. The van der Waals surface area contributed by atoms with E-state index in [4.69, 9.17) is 9.97 Å². The van der Waals surface area contributed by atoms with Gasteiger partial charge in [-0.3, -0.25) is 9.13 Å². The first-order chi connectivity index (χ1) is 13.1. The number of rotatable bonds is 4. The number of aromatic nitrogens is 4. The molecule has 0 aliphatic heterocycles. The molecule has 4 aromatic rings. The average Bonchev–Trinajstić information content (AvgIpc) is 3.47.